The highest BCUT2D eigenvalue weighted by Crippen LogP contribution is 2.46. The summed E-state index contributed by atoms with van der Waals surface area (Å²) in [4.78, 5) is 0. The van der Waals surface area contributed by atoms with E-state index in [9.17, 15) is 0 Å². The minimum atomic E-state index is -0.151. The molecule has 3 rings (SSSR count). The van der Waals surface area contributed by atoms with Crippen LogP contribution >= 0.6 is 0 Å². The maximum Gasteiger partial charge on any atom is 0.115 e. The van der Waals surface area contributed by atoms with Gasteiger partial charge in [-0.05, 0) is 25.7 Å². The second-order valence-corrected chi connectivity index (χ2v) is 5.06. The molecule has 2 heterocycles. The van der Waals surface area contributed by atoms with Gasteiger partial charge < -0.3 is 9.47 Å². The molecular weight excluding hydrogens is 202 g/mol. The fourth-order valence-electron chi connectivity index (χ4n) is 3.23. The summed E-state index contributed by atoms with van der Waals surface area (Å²) in [6.07, 6.45) is 10.9. The van der Waals surface area contributed by atoms with Crippen molar-refractivity contribution in [2.75, 3.05) is 0 Å². The summed E-state index contributed by atoms with van der Waals surface area (Å²) < 4.78 is 12.2. The van der Waals surface area contributed by atoms with E-state index in [0.717, 1.165) is 32.1 Å². The van der Waals surface area contributed by atoms with Crippen LogP contribution in [0, 0.1) is 11.3 Å². The number of fused-ring (bicyclic) bond motifs is 1. The standard InChI is InChI=1S/C13H17NO2.H2/c14-8-2-4-10-5-6-12-13(16-10)7-1-3-11(9-13)15-12;/h1,7,10-12H,2-6,9H2;1H/t10-,11-,12?,13-;/m0./s1. The average Bonchev–Trinajstić information content (AvgIpc) is 2.55. The highest BCUT2D eigenvalue weighted by Gasteiger charge is 2.52. The van der Waals surface area contributed by atoms with Crippen molar-refractivity contribution in [1.82, 2.24) is 0 Å². The zero-order valence-electron chi connectivity index (χ0n) is 9.39. The first kappa shape index (κ1) is 10.3. The lowest BCUT2D eigenvalue weighted by Crippen LogP contribution is -2.47. The van der Waals surface area contributed by atoms with E-state index in [1.807, 2.05) is 0 Å². The molecule has 3 heteroatoms. The van der Waals surface area contributed by atoms with Crippen molar-refractivity contribution < 1.29 is 10.9 Å². The summed E-state index contributed by atoms with van der Waals surface area (Å²) in [5.74, 6) is 0. The first-order valence-electron chi connectivity index (χ1n) is 6.20. The molecule has 0 saturated carbocycles. The van der Waals surface area contributed by atoms with Crippen molar-refractivity contribution >= 4 is 0 Å². The second kappa shape index (κ2) is 3.87. The monoisotopic (exact) mass is 221 g/mol. The third-order valence-electron chi connectivity index (χ3n) is 3.96. The Bertz CT molecular complexity index is 352. The van der Waals surface area contributed by atoms with Gasteiger partial charge in [0.2, 0.25) is 0 Å². The summed E-state index contributed by atoms with van der Waals surface area (Å²) in [7, 11) is 0. The molecule has 88 valence electrons. The van der Waals surface area contributed by atoms with Gasteiger partial charge >= 0.3 is 0 Å². The molecule has 1 spiro atoms. The SMILES string of the molecule is N#CCC[C@H]1CCC2O[C@H]3CC=C[C@@]2(C3)O1.[HH]. The van der Waals surface area contributed by atoms with E-state index in [-0.39, 0.29) is 19.2 Å². The first-order chi connectivity index (χ1) is 7.82. The molecule has 16 heavy (non-hydrogen) atoms. The zero-order chi connectivity index (χ0) is 11.0. The van der Waals surface area contributed by atoms with E-state index in [1.165, 1.54) is 0 Å². The van der Waals surface area contributed by atoms with Gasteiger partial charge in [-0.2, -0.15) is 5.26 Å². The van der Waals surface area contributed by atoms with Gasteiger partial charge in [-0.25, -0.2) is 0 Å². The predicted molar refractivity (Wildman–Crippen MR) is 60.8 cm³/mol. The van der Waals surface area contributed by atoms with Gasteiger partial charge in [0.1, 0.15) is 5.60 Å². The molecule has 3 nitrogen and oxygen atoms in total. The Morgan fingerprint density at radius 3 is 3.31 bits per heavy atom. The Morgan fingerprint density at radius 2 is 2.44 bits per heavy atom. The molecule has 0 aromatic heterocycles. The molecule has 3 aliphatic rings. The van der Waals surface area contributed by atoms with Gasteiger partial charge in [0.05, 0.1) is 24.4 Å². The number of ether oxygens (including phenoxy) is 2. The molecule has 4 atom stereocenters. The van der Waals surface area contributed by atoms with Crippen LogP contribution in [0.5, 0.6) is 0 Å². The fraction of sp³-hybridized carbons (Fsp3) is 0.769. The summed E-state index contributed by atoms with van der Waals surface area (Å²) in [5, 5.41) is 8.61. The number of hydrogen-bond acceptors (Lipinski definition) is 3. The van der Waals surface area contributed by atoms with Crippen LogP contribution in [0.25, 0.3) is 0 Å². The average molecular weight is 221 g/mol. The number of nitriles is 1. The molecule has 0 aromatic rings. The first-order valence-corrected chi connectivity index (χ1v) is 6.20. The maximum absolute atomic E-state index is 8.61. The predicted octanol–water partition coefficient (Wildman–Crippen LogP) is 2.57. The van der Waals surface area contributed by atoms with E-state index >= 15 is 0 Å². The highest BCUT2D eigenvalue weighted by atomic mass is 16.6. The normalized spacial score (nSPS) is 45.1. The third kappa shape index (κ3) is 1.57. The number of hydrogen-bond donors (Lipinski definition) is 0. The van der Waals surface area contributed by atoms with Crippen molar-refractivity contribution in [3.05, 3.63) is 12.2 Å². The topological polar surface area (TPSA) is 42.2 Å². The summed E-state index contributed by atoms with van der Waals surface area (Å²) in [6, 6.07) is 2.20. The minimum Gasteiger partial charge on any atom is -0.371 e. The zero-order valence-corrected chi connectivity index (χ0v) is 9.39. The van der Waals surface area contributed by atoms with Gasteiger partial charge in [-0.15, -0.1) is 0 Å². The molecule has 0 amide bonds. The van der Waals surface area contributed by atoms with E-state index < -0.39 is 0 Å². The lowest BCUT2D eigenvalue weighted by atomic mass is 9.83. The van der Waals surface area contributed by atoms with Gasteiger partial charge in [0.25, 0.3) is 0 Å². The van der Waals surface area contributed by atoms with Crippen molar-refractivity contribution in [2.24, 2.45) is 0 Å². The Morgan fingerprint density at radius 1 is 1.50 bits per heavy atom. The van der Waals surface area contributed by atoms with Gasteiger partial charge in [0, 0.05) is 14.3 Å². The quantitative estimate of drug-likeness (QED) is 0.673. The van der Waals surface area contributed by atoms with E-state index in [0.29, 0.717) is 12.5 Å². The molecule has 0 radical (unpaired) electrons. The van der Waals surface area contributed by atoms with Crippen molar-refractivity contribution in [3.63, 3.8) is 0 Å². The van der Waals surface area contributed by atoms with E-state index in [4.69, 9.17) is 14.7 Å². The maximum atomic E-state index is 8.61. The molecule has 2 fully saturated rings. The highest BCUT2D eigenvalue weighted by molar-refractivity contribution is 5.18. The van der Waals surface area contributed by atoms with Gasteiger partial charge in [-0.3, -0.25) is 0 Å². The largest absolute Gasteiger partial charge is 0.371 e. The van der Waals surface area contributed by atoms with Gasteiger partial charge in [0.15, 0.2) is 0 Å². The molecule has 2 saturated heterocycles. The molecule has 1 aliphatic carbocycles. The van der Waals surface area contributed by atoms with Crippen LogP contribution in [0.1, 0.15) is 40.0 Å². The molecule has 0 N–H and O–H groups in total. The summed E-state index contributed by atoms with van der Waals surface area (Å²) >= 11 is 0. The van der Waals surface area contributed by atoms with E-state index in [2.05, 4.69) is 18.2 Å². The van der Waals surface area contributed by atoms with Crippen LogP contribution in [-0.4, -0.2) is 23.9 Å². The van der Waals surface area contributed by atoms with Crippen LogP contribution in [0.4, 0.5) is 0 Å². The summed E-state index contributed by atoms with van der Waals surface area (Å²) in [6.45, 7) is 0. The Hall–Kier alpha value is -0.850. The summed E-state index contributed by atoms with van der Waals surface area (Å²) in [5.41, 5.74) is -0.151. The molecule has 2 bridgehead atoms. The number of rotatable bonds is 2. The molecular formula is C13H19NO2. The molecule has 2 aliphatic heterocycles. The minimum absolute atomic E-state index is 0. The third-order valence-corrected chi connectivity index (χ3v) is 3.96. The van der Waals surface area contributed by atoms with Crippen LogP contribution in [0.3, 0.4) is 0 Å². The molecule has 1 unspecified atom stereocenters. The van der Waals surface area contributed by atoms with Gasteiger partial charge in [-0.1, -0.05) is 12.2 Å². The van der Waals surface area contributed by atoms with Crippen molar-refractivity contribution in [1.29, 1.82) is 5.26 Å². The lowest BCUT2D eigenvalue weighted by molar-refractivity contribution is -0.139. The molecule has 0 aromatic carbocycles. The second-order valence-electron chi connectivity index (χ2n) is 5.06. The smallest absolute Gasteiger partial charge is 0.115 e. The van der Waals surface area contributed by atoms with Crippen LogP contribution in [0.15, 0.2) is 12.2 Å². The fourth-order valence-corrected chi connectivity index (χ4v) is 3.23. The Kier molecular flexibility index (Phi) is 2.49. The van der Waals surface area contributed by atoms with E-state index in [1.54, 1.807) is 0 Å². The lowest BCUT2D eigenvalue weighted by Gasteiger charge is -2.40. The van der Waals surface area contributed by atoms with Crippen LogP contribution < -0.4 is 0 Å². The van der Waals surface area contributed by atoms with Crippen molar-refractivity contribution in [3.8, 4) is 6.07 Å². The Balaban J connectivity index is 0.00000108. The van der Waals surface area contributed by atoms with Crippen molar-refractivity contribution in [2.45, 2.75) is 62.4 Å². The Labute approximate surface area is 97.5 Å². The van der Waals surface area contributed by atoms with Crippen LogP contribution in [-0.2, 0) is 9.47 Å². The van der Waals surface area contributed by atoms with Crippen LogP contribution in [0.2, 0.25) is 0 Å². The number of nitrogens with zero attached hydrogens (tertiary/aromatic N) is 1.